The molecule has 0 spiro atoms. The highest BCUT2D eigenvalue weighted by molar-refractivity contribution is 6.29. The van der Waals surface area contributed by atoms with Crippen molar-refractivity contribution in [1.82, 2.24) is 19.9 Å². The Morgan fingerprint density at radius 3 is 2.58 bits per heavy atom. The van der Waals surface area contributed by atoms with Gasteiger partial charge < -0.3 is 9.64 Å². The Labute approximate surface area is 143 Å². The number of halogens is 3. The molecule has 3 rings (SSSR count). The Bertz CT molecular complexity index is 706. The maximum absolute atomic E-state index is 14.6. The van der Waals surface area contributed by atoms with Crippen LogP contribution in [0.5, 0.6) is 5.88 Å². The highest BCUT2D eigenvalue weighted by Gasteiger charge is 2.34. The Hall–Kier alpha value is -1.86. The summed E-state index contributed by atoms with van der Waals surface area (Å²) in [4.78, 5) is 14.1. The van der Waals surface area contributed by atoms with Gasteiger partial charge in [-0.05, 0) is 19.9 Å². The molecule has 1 fully saturated rings. The minimum atomic E-state index is -1.35. The van der Waals surface area contributed by atoms with Gasteiger partial charge in [0.05, 0.1) is 23.7 Å². The summed E-state index contributed by atoms with van der Waals surface area (Å²) in [6, 6.07) is 1.11. The second-order valence-electron chi connectivity index (χ2n) is 5.97. The van der Waals surface area contributed by atoms with E-state index in [9.17, 15) is 8.78 Å². The maximum Gasteiger partial charge on any atom is 0.232 e. The van der Waals surface area contributed by atoms with Crippen LogP contribution in [0.4, 0.5) is 8.78 Å². The first-order valence-corrected chi connectivity index (χ1v) is 7.97. The average molecular weight is 355 g/mol. The van der Waals surface area contributed by atoms with E-state index in [1.165, 1.54) is 18.6 Å². The zero-order chi connectivity index (χ0) is 17.2. The van der Waals surface area contributed by atoms with E-state index >= 15 is 0 Å². The van der Waals surface area contributed by atoms with Crippen LogP contribution in [0.2, 0.25) is 5.15 Å². The number of hydrogen-bond acceptors (Lipinski definition) is 5. The van der Waals surface area contributed by atoms with E-state index in [2.05, 4.69) is 19.9 Å². The van der Waals surface area contributed by atoms with Crippen molar-refractivity contribution in [3.8, 4) is 17.1 Å². The van der Waals surface area contributed by atoms with E-state index in [0.29, 0.717) is 31.6 Å². The van der Waals surface area contributed by atoms with Gasteiger partial charge in [-0.2, -0.15) is 0 Å². The van der Waals surface area contributed by atoms with E-state index in [-0.39, 0.29) is 23.2 Å². The van der Waals surface area contributed by atoms with Gasteiger partial charge in [0.1, 0.15) is 23.2 Å². The molecule has 8 heteroatoms. The largest absolute Gasteiger partial charge is 0.473 e. The van der Waals surface area contributed by atoms with Crippen LogP contribution in [0.15, 0.2) is 24.7 Å². The first kappa shape index (κ1) is 17.0. The first-order valence-electron chi connectivity index (χ1n) is 7.59. The van der Waals surface area contributed by atoms with E-state index < -0.39 is 11.5 Å². The Kier molecular flexibility index (Phi) is 4.91. The number of ether oxygens (including phenoxy) is 1. The molecule has 0 unspecified atom stereocenters. The molecule has 0 N–H and O–H groups in total. The van der Waals surface area contributed by atoms with Crippen LogP contribution in [0, 0.1) is 5.82 Å². The molecular weight excluding hydrogens is 338 g/mol. The molecule has 1 aliphatic rings. The van der Waals surface area contributed by atoms with Gasteiger partial charge in [0.15, 0.2) is 0 Å². The number of hydrogen-bond donors (Lipinski definition) is 0. The SMILES string of the molecule is CN1CCC(F)(COc2cnc(-c3cnc(Cl)cc3F)cn2)CC1. The maximum atomic E-state index is 14.6. The van der Waals surface area contributed by atoms with Gasteiger partial charge in [0, 0.05) is 25.4 Å². The predicted octanol–water partition coefficient (Wildman–Crippen LogP) is 3.14. The Morgan fingerprint density at radius 2 is 1.96 bits per heavy atom. The van der Waals surface area contributed by atoms with Crippen LogP contribution in [0.1, 0.15) is 12.8 Å². The lowest BCUT2D eigenvalue weighted by molar-refractivity contribution is 0.0229. The van der Waals surface area contributed by atoms with Crippen LogP contribution in [-0.2, 0) is 0 Å². The van der Waals surface area contributed by atoms with E-state index in [4.69, 9.17) is 16.3 Å². The van der Waals surface area contributed by atoms with E-state index in [1.54, 1.807) is 0 Å². The monoisotopic (exact) mass is 354 g/mol. The Morgan fingerprint density at radius 1 is 1.21 bits per heavy atom. The van der Waals surface area contributed by atoms with E-state index in [0.717, 1.165) is 6.07 Å². The number of piperidine rings is 1. The number of aromatic nitrogens is 3. The molecule has 3 heterocycles. The average Bonchev–Trinajstić information content (AvgIpc) is 2.57. The smallest absolute Gasteiger partial charge is 0.232 e. The van der Waals surface area contributed by atoms with Crippen molar-refractivity contribution in [2.24, 2.45) is 0 Å². The number of alkyl halides is 1. The molecule has 0 bridgehead atoms. The van der Waals surface area contributed by atoms with Crippen molar-refractivity contribution in [3.63, 3.8) is 0 Å². The second kappa shape index (κ2) is 6.94. The molecule has 2 aromatic rings. The van der Waals surface area contributed by atoms with Crippen molar-refractivity contribution >= 4 is 11.6 Å². The third kappa shape index (κ3) is 3.96. The number of likely N-dealkylation sites (tertiary alicyclic amines) is 1. The Balaban J connectivity index is 1.64. The quantitative estimate of drug-likeness (QED) is 0.789. The van der Waals surface area contributed by atoms with Gasteiger partial charge in [0.2, 0.25) is 5.88 Å². The predicted molar refractivity (Wildman–Crippen MR) is 86.3 cm³/mol. The molecule has 1 aliphatic heterocycles. The molecule has 0 amide bonds. The molecular formula is C16H17ClF2N4O. The van der Waals surface area contributed by atoms with Gasteiger partial charge in [0.25, 0.3) is 0 Å². The number of pyridine rings is 1. The van der Waals surface area contributed by atoms with Gasteiger partial charge in [-0.3, -0.25) is 0 Å². The summed E-state index contributed by atoms with van der Waals surface area (Å²) in [5, 5.41) is 0.0653. The van der Waals surface area contributed by atoms with Gasteiger partial charge >= 0.3 is 0 Å². The normalized spacial score (nSPS) is 17.7. The fraction of sp³-hybridized carbons (Fsp3) is 0.438. The fourth-order valence-corrected chi connectivity index (χ4v) is 2.64. The van der Waals surface area contributed by atoms with Crippen LogP contribution in [0.3, 0.4) is 0 Å². The second-order valence-corrected chi connectivity index (χ2v) is 6.36. The summed E-state index contributed by atoms with van der Waals surface area (Å²) < 4.78 is 33.9. The molecule has 1 saturated heterocycles. The summed E-state index contributed by atoms with van der Waals surface area (Å²) >= 11 is 5.62. The molecule has 0 saturated carbocycles. The van der Waals surface area contributed by atoms with Crippen molar-refractivity contribution in [1.29, 1.82) is 0 Å². The van der Waals surface area contributed by atoms with Crippen molar-refractivity contribution in [2.75, 3.05) is 26.7 Å². The molecule has 0 atom stereocenters. The molecule has 0 aliphatic carbocycles. The summed E-state index contributed by atoms with van der Waals surface area (Å²) in [7, 11) is 1.97. The van der Waals surface area contributed by atoms with Gasteiger partial charge in [-0.1, -0.05) is 11.6 Å². The van der Waals surface area contributed by atoms with Gasteiger partial charge in [-0.25, -0.2) is 23.7 Å². The number of rotatable bonds is 4. The topological polar surface area (TPSA) is 51.1 Å². The first-order chi connectivity index (χ1) is 11.5. The van der Waals surface area contributed by atoms with Crippen LogP contribution >= 0.6 is 11.6 Å². The minimum Gasteiger partial charge on any atom is -0.473 e. The minimum absolute atomic E-state index is 0.0638. The summed E-state index contributed by atoms with van der Waals surface area (Å²) in [6.07, 6.45) is 4.86. The van der Waals surface area contributed by atoms with Crippen LogP contribution in [0.25, 0.3) is 11.3 Å². The third-order valence-corrected chi connectivity index (χ3v) is 4.29. The molecule has 0 radical (unpaired) electrons. The molecule has 24 heavy (non-hydrogen) atoms. The third-order valence-electron chi connectivity index (χ3n) is 4.09. The molecule has 128 valence electrons. The van der Waals surface area contributed by atoms with Crippen LogP contribution in [-0.4, -0.2) is 52.3 Å². The van der Waals surface area contributed by atoms with Crippen LogP contribution < -0.4 is 4.74 Å². The lowest BCUT2D eigenvalue weighted by atomic mass is 9.95. The lowest BCUT2D eigenvalue weighted by Gasteiger charge is -2.33. The zero-order valence-electron chi connectivity index (χ0n) is 13.2. The zero-order valence-corrected chi connectivity index (χ0v) is 13.9. The molecule has 5 nitrogen and oxygen atoms in total. The van der Waals surface area contributed by atoms with Crippen molar-refractivity contribution in [3.05, 3.63) is 35.6 Å². The molecule has 0 aromatic carbocycles. The molecule has 2 aromatic heterocycles. The standard InChI is InChI=1S/C16H17ClF2N4O/c1-23-4-2-16(19,3-5-23)10-24-15-9-20-13(8-22-15)11-7-21-14(17)6-12(11)18/h6-9H,2-5,10H2,1H3. The van der Waals surface area contributed by atoms with Gasteiger partial charge in [-0.15, -0.1) is 0 Å². The van der Waals surface area contributed by atoms with E-state index in [1.807, 2.05) is 7.05 Å². The van der Waals surface area contributed by atoms with Crippen molar-refractivity contribution in [2.45, 2.75) is 18.5 Å². The van der Waals surface area contributed by atoms with Crippen molar-refractivity contribution < 1.29 is 13.5 Å². The fourth-order valence-electron chi connectivity index (χ4n) is 2.49. The summed E-state index contributed by atoms with van der Waals surface area (Å²) in [5.74, 6) is -0.330. The highest BCUT2D eigenvalue weighted by atomic mass is 35.5. The summed E-state index contributed by atoms with van der Waals surface area (Å²) in [5.41, 5.74) is -0.854. The lowest BCUT2D eigenvalue weighted by Crippen LogP contribution is -2.43. The number of nitrogens with zero attached hydrogens (tertiary/aromatic N) is 4. The highest BCUT2D eigenvalue weighted by Crippen LogP contribution is 2.27. The summed E-state index contributed by atoms with van der Waals surface area (Å²) in [6.45, 7) is 1.34.